The van der Waals surface area contributed by atoms with Gasteiger partial charge >= 0.3 is 5.97 Å². The number of rotatable bonds is 7. The second kappa shape index (κ2) is 16.6. The summed E-state index contributed by atoms with van der Waals surface area (Å²) in [5, 5.41) is 54.7. The second-order valence-corrected chi connectivity index (χ2v) is 14.3. The molecule has 2 aliphatic heterocycles. The van der Waals surface area contributed by atoms with E-state index in [1.54, 1.807) is 46.8 Å². The number of Topliss-reactive ketones (excluding diaryl/α,β-unsaturated/α-hetero) is 1. The van der Waals surface area contributed by atoms with Crippen molar-refractivity contribution < 1.29 is 53.4 Å². The van der Waals surface area contributed by atoms with Gasteiger partial charge in [-0.3, -0.25) is 9.59 Å². The molecule has 1 aromatic heterocycles. The first-order valence-electron chi connectivity index (χ1n) is 17.0. The van der Waals surface area contributed by atoms with Crippen LogP contribution in [0.5, 0.6) is 0 Å². The summed E-state index contributed by atoms with van der Waals surface area (Å²) in [5.74, 6) is -4.00. The fraction of sp³-hybridized carbons (Fsp3) is 0.771. The van der Waals surface area contributed by atoms with Gasteiger partial charge in [0.05, 0.1) is 29.8 Å². The van der Waals surface area contributed by atoms with Gasteiger partial charge in [-0.1, -0.05) is 20.8 Å². The molecule has 2 saturated heterocycles. The molecule has 0 spiro atoms. The van der Waals surface area contributed by atoms with Crippen molar-refractivity contribution in [1.29, 1.82) is 0 Å². The Hall–Kier alpha value is -2.56. The van der Waals surface area contributed by atoms with Crippen LogP contribution in [-0.4, -0.2) is 130 Å². The Morgan fingerprint density at radius 3 is 2.33 bits per heavy atom. The minimum absolute atomic E-state index is 0.0125. The number of nitrogens with zero attached hydrogens (tertiary/aromatic N) is 3. The van der Waals surface area contributed by atoms with Gasteiger partial charge in [0.25, 0.3) is 0 Å². The van der Waals surface area contributed by atoms with Gasteiger partial charge in [0.15, 0.2) is 12.1 Å². The summed E-state index contributed by atoms with van der Waals surface area (Å²) in [5.41, 5.74) is -3.12. The lowest BCUT2D eigenvalue weighted by atomic mass is 9.75. The van der Waals surface area contributed by atoms with Crippen molar-refractivity contribution in [2.45, 2.75) is 135 Å². The lowest BCUT2D eigenvalue weighted by Gasteiger charge is -2.47. The van der Waals surface area contributed by atoms with E-state index in [-0.39, 0.29) is 30.7 Å². The van der Waals surface area contributed by atoms with E-state index in [2.05, 4.69) is 10.2 Å². The molecule has 0 saturated carbocycles. The Balaban J connectivity index is 2.20. The zero-order valence-electron chi connectivity index (χ0n) is 30.7. The zero-order valence-corrected chi connectivity index (χ0v) is 30.7. The van der Waals surface area contributed by atoms with Gasteiger partial charge in [-0.15, -0.1) is 0 Å². The number of aliphatic hydroxyl groups is 4. The largest absolute Gasteiger partial charge is 0.463 e. The molecule has 3 heterocycles. The van der Waals surface area contributed by atoms with Gasteiger partial charge in [-0.25, -0.2) is 0 Å². The number of carbonyl (C=O) groups excluding carboxylic acids is 2. The quantitative estimate of drug-likeness (QED) is 0.141. The van der Waals surface area contributed by atoms with Crippen LogP contribution in [0.25, 0.3) is 0 Å². The van der Waals surface area contributed by atoms with Crippen molar-refractivity contribution in [3.63, 3.8) is 0 Å². The summed E-state index contributed by atoms with van der Waals surface area (Å²) < 4.78 is 29.8. The Bertz CT molecular complexity index is 1320. The fourth-order valence-corrected chi connectivity index (χ4v) is 6.92. The zero-order chi connectivity index (χ0) is 37.0. The molecule has 1 aromatic rings. The normalized spacial score (nSPS) is 41.5. The molecule has 14 heteroatoms. The second-order valence-electron chi connectivity index (χ2n) is 14.3. The summed E-state index contributed by atoms with van der Waals surface area (Å²) in [6.07, 6.45) is -6.43. The van der Waals surface area contributed by atoms with Crippen LogP contribution in [0.4, 0.5) is 0 Å². The molecule has 0 amide bonds. The molecule has 2 fully saturated rings. The van der Waals surface area contributed by atoms with Crippen LogP contribution in [0.2, 0.25) is 0 Å². The number of likely N-dealkylation sites (N-methyl/N-ethyl adjacent to an activating group) is 1. The van der Waals surface area contributed by atoms with Crippen molar-refractivity contribution >= 4 is 23.2 Å². The average Bonchev–Trinajstić information content (AvgIpc) is 3.60. The molecule has 0 aliphatic carbocycles. The van der Waals surface area contributed by atoms with Crippen LogP contribution in [0, 0.1) is 17.8 Å². The first-order chi connectivity index (χ1) is 22.8. The first-order valence-corrected chi connectivity index (χ1v) is 17.0. The molecule has 0 aromatic carbocycles. The third-order valence-electron chi connectivity index (χ3n) is 10.2. The van der Waals surface area contributed by atoms with Gasteiger partial charge in [0.2, 0.25) is 0 Å². The minimum atomic E-state index is -2.16. The van der Waals surface area contributed by atoms with E-state index in [0.29, 0.717) is 17.9 Å². The third-order valence-corrected chi connectivity index (χ3v) is 10.2. The highest BCUT2D eigenvalue weighted by Crippen LogP contribution is 2.38. The summed E-state index contributed by atoms with van der Waals surface area (Å²) in [4.78, 5) is 29.4. The first kappa shape index (κ1) is 40.9. The lowest BCUT2D eigenvalue weighted by Crippen LogP contribution is -2.60. The predicted octanol–water partition coefficient (Wildman–Crippen LogP) is 2.34. The van der Waals surface area contributed by atoms with Gasteiger partial charge in [-0.05, 0) is 80.1 Å². The monoisotopic (exact) mass is 695 g/mol. The number of hydrogen-bond acceptors (Lipinski definition) is 14. The van der Waals surface area contributed by atoms with Crippen molar-refractivity contribution in [2.75, 3.05) is 21.2 Å². The molecule has 4 N–H and O–H groups in total. The summed E-state index contributed by atoms with van der Waals surface area (Å²) >= 11 is 0. The molecule has 0 radical (unpaired) electrons. The van der Waals surface area contributed by atoms with Crippen molar-refractivity contribution in [1.82, 2.24) is 4.90 Å². The highest BCUT2D eigenvalue weighted by molar-refractivity contribution is 6.00. The van der Waals surface area contributed by atoms with E-state index in [1.807, 2.05) is 25.9 Å². The molecule has 1 unspecified atom stereocenters. The molecule has 14 nitrogen and oxygen atoms in total. The predicted molar refractivity (Wildman–Crippen MR) is 181 cm³/mol. The van der Waals surface area contributed by atoms with Crippen molar-refractivity contribution in [3.8, 4) is 0 Å². The summed E-state index contributed by atoms with van der Waals surface area (Å²) in [6.45, 7) is 12.9. The number of hydrogen-bond donors (Lipinski definition) is 4. The maximum atomic E-state index is 14.1. The van der Waals surface area contributed by atoms with Crippen molar-refractivity contribution in [3.05, 3.63) is 24.2 Å². The highest BCUT2D eigenvalue weighted by atomic mass is 16.7. The van der Waals surface area contributed by atoms with Crippen LogP contribution in [0.1, 0.15) is 80.4 Å². The van der Waals surface area contributed by atoms with E-state index in [4.69, 9.17) is 23.4 Å². The number of furan rings is 1. The molecule has 3 rings (SSSR count). The molecular formula is C35H57N3O11. The van der Waals surface area contributed by atoms with Crippen LogP contribution in [0.15, 0.2) is 33.0 Å². The lowest BCUT2D eigenvalue weighted by molar-refractivity contribution is -0.295. The Morgan fingerprint density at radius 1 is 1.12 bits per heavy atom. The number of carbonyl (C=O) groups is 2. The van der Waals surface area contributed by atoms with E-state index in [0.717, 1.165) is 0 Å². The van der Waals surface area contributed by atoms with Crippen LogP contribution in [0.3, 0.4) is 0 Å². The smallest absolute Gasteiger partial charge is 0.316 e. The topological polar surface area (TPSA) is 193 Å². The molecule has 0 bridgehead atoms. The third kappa shape index (κ3) is 9.03. The molecule has 49 heavy (non-hydrogen) atoms. The molecule has 278 valence electrons. The number of cyclic esters (lactones) is 1. The van der Waals surface area contributed by atoms with Gasteiger partial charge < -0.3 is 48.7 Å². The van der Waals surface area contributed by atoms with Gasteiger partial charge in [-0.2, -0.15) is 10.2 Å². The molecule has 13 atom stereocenters. The minimum Gasteiger partial charge on any atom is -0.463 e. The maximum absolute atomic E-state index is 14.1. The number of aliphatic hydroxyl groups excluding tert-OH is 3. The summed E-state index contributed by atoms with van der Waals surface area (Å²) in [6, 6.07) is 3.08. The number of ether oxygens (including phenoxy) is 4. The fourth-order valence-electron chi connectivity index (χ4n) is 6.92. The Kier molecular flexibility index (Phi) is 13.9. The van der Waals surface area contributed by atoms with E-state index in [9.17, 15) is 30.0 Å². The Morgan fingerprint density at radius 2 is 1.78 bits per heavy atom. The molecular weight excluding hydrogens is 638 g/mol. The SMILES string of the molecule is CC[C@H]1OC(=O)[C@H](C)C(=O)[C@H](C)C(O[C@@H]2O[C@H](C)C[C@H](N(C)C)[C@H]2O)[C@](C)(OC)C[C@@H](C)/C(=N/N=C(/C)c2ccco2)[C@H](O)[C@@H](O)[C@]1(C)O. The van der Waals surface area contributed by atoms with Crippen LogP contribution in [-0.2, 0) is 28.5 Å². The Labute approximate surface area is 289 Å². The van der Waals surface area contributed by atoms with E-state index >= 15 is 0 Å². The molecule has 2 aliphatic rings. The number of ketones is 1. The average molecular weight is 696 g/mol. The van der Waals surface area contributed by atoms with Gasteiger partial charge in [0.1, 0.15) is 47.4 Å². The maximum Gasteiger partial charge on any atom is 0.316 e. The standard InChI is InChI=1S/C35H57N3O11/c1-12-25-35(8,44)30(42)29(41)26(37-36-22(6)24-14-13-15-46-24)18(2)17-34(7,45-11)31(20(4)27(39)21(5)32(43)48-25)49-33-28(40)23(38(9)10)16-19(3)47-33/h13-15,18-21,23,25,28-31,33,40-42,44H,12,16-17H2,1-11H3/b36-22-,37-26-/t18-,19-,20+,21-,23+,25-,28-,29+,30-,31?,33+,34-,35-/m1/s1. The van der Waals surface area contributed by atoms with Crippen LogP contribution >= 0.6 is 0 Å². The van der Waals surface area contributed by atoms with Gasteiger partial charge in [0, 0.05) is 25.0 Å². The van der Waals surface area contributed by atoms with Crippen LogP contribution < -0.4 is 0 Å². The number of esters is 1. The van der Waals surface area contributed by atoms with Crippen molar-refractivity contribution in [2.24, 2.45) is 28.0 Å². The number of methoxy groups -OCH3 is 1. The summed E-state index contributed by atoms with van der Waals surface area (Å²) in [7, 11) is 5.15. The van der Waals surface area contributed by atoms with E-state index in [1.165, 1.54) is 27.2 Å². The van der Waals surface area contributed by atoms with E-state index < -0.39 is 77.5 Å². The highest BCUT2D eigenvalue weighted by Gasteiger charge is 2.52.